The highest BCUT2D eigenvalue weighted by Gasteiger charge is 2.13. The lowest BCUT2D eigenvalue weighted by Crippen LogP contribution is -2.25. The number of likely N-dealkylation sites (N-methyl/N-ethyl adjacent to an activating group) is 1. The van der Waals surface area contributed by atoms with Crippen molar-refractivity contribution >= 4 is 5.91 Å². The van der Waals surface area contributed by atoms with Crippen molar-refractivity contribution in [2.24, 2.45) is 0 Å². The lowest BCUT2D eigenvalue weighted by atomic mass is 10.1. The van der Waals surface area contributed by atoms with Gasteiger partial charge in [0.25, 0.3) is 5.91 Å². The van der Waals surface area contributed by atoms with Crippen molar-refractivity contribution in [1.82, 2.24) is 25.0 Å². The highest BCUT2D eigenvalue weighted by atomic mass is 16.5. The van der Waals surface area contributed by atoms with Gasteiger partial charge >= 0.3 is 0 Å². The van der Waals surface area contributed by atoms with E-state index in [9.17, 15) is 4.79 Å². The molecule has 0 aliphatic rings. The molecule has 146 valence electrons. The molecule has 1 amide bonds. The molecule has 1 heterocycles. The number of hydrogen-bond donors (Lipinski definition) is 1. The standard InChI is InChI=1S/C21H25N5O2/c1-25(2)11-12-28-20-10-6-5-9-19(20)21(27)23-13-17-7-3-4-8-18(17)14-26-16-22-15-24-26/h3-10,15-16H,11-14H2,1-2H3,(H,23,27). The van der Waals surface area contributed by atoms with E-state index < -0.39 is 0 Å². The Morgan fingerprint density at radius 3 is 2.61 bits per heavy atom. The Balaban J connectivity index is 1.65. The molecular formula is C21H25N5O2. The van der Waals surface area contributed by atoms with Gasteiger partial charge in [0.2, 0.25) is 0 Å². The van der Waals surface area contributed by atoms with Crippen LogP contribution in [0, 0.1) is 0 Å². The minimum Gasteiger partial charge on any atom is -0.491 e. The van der Waals surface area contributed by atoms with Crippen molar-refractivity contribution in [1.29, 1.82) is 0 Å². The lowest BCUT2D eigenvalue weighted by molar-refractivity contribution is 0.0946. The van der Waals surface area contributed by atoms with Gasteiger partial charge in [-0.3, -0.25) is 4.79 Å². The molecule has 2 aromatic carbocycles. The Hall–Kier alpha value is -3.19. The first kappa shape index (κ1) is 19.6. The molecular weight excluding hydrogens is 354 g/mol. The Labute approximate surface area is 165 Å². The zero-order valence-corrected chi connectivity index (χ0v) is 16.2. The van der Waals surface area contributed by atoms with Gasteiger partial charge in [-0.25, -0.2) is 9.67 Å². The Morgan fingerprint density at radius 1 is 1.11 bits per heavy atom. The van der Waals surface area contributed by atoms with Crippen LogP contribution in [-0.4, -0.2) is 52.8 Å². The van der Waals surface area contributed by atoms with Crippen molar-refractivity contribution in [3.8, 4) is 5.75 Å². The zero-order chi connectivity index (χ0) is 19.8. The second-order valence-corrected chi connectivity index (χ2v) is 6.69. The molecule has 3 rings (SSSR count). The second-order valence-electron chi connectivity index (χ2n) is 6.69. The first-order valence-electron chi connectivity index (χ1n) is 9.17. The highest BCUT2D eigenvalue weighted by molar-refractivity contribution is 5.96. The third-order valence-corrected chi connectivity index (χ3v) is 4.28. The van der Waals surface area contributed by atoms with E-state index in [0.717, 1.165) is 17.7 Å². The van der Waals surface area contributed by atoms with Crippen LogP contribution in [0.5, 0.6) is 5.75 Å². The van der Waals surface area contributed by atoms with E-state index in [2.05, 4.69) is 15.4 Å². The van der Waals surface area contributed by atoms with Gasteiger partial charge in [0.05, 0.1) is 12.1 Å². The first-order valence-corrected chi connectivity index (χ1v) is 9.17. The molecule has 0 aliphatic carbocycles. The van der Waals surface area contributed by atoms with Crippen LogP contribution in [-0.2, 0) is 13.1 Å². The van der Waals surface area contributed by atoms with Crippen LogP contribution in [0.1, 0.15) is 21.5 Å². The SMILES string of the molecule is CN(C)CCOc1ccccc1C(=O)NCc1ccccc1Cn1cncn1. The van der Waals surface area contributed by atoms with Gasteiger partial charge < -0.3 is 15.0 Å². The number of aromatic nitrogens is 3. The zero-order valence-electron chi connectivity index (χ0n) is 16.2. The summed E-state index contributed by atoms with van der Waals surface area (Å²) < 4.78 is 7.55. The molecule has 0 spiro atoms. The van der Waals surface area contributed by atoms with Crippen LogP contribution < -0.4 is 10.1 Å². The maximum absolute atomic E-state index is 12.7. The third kappa shape index (κ3) is 5.40. The van der Waals surface area contributed by atoms with Gasteiger partial charge in [-0.05, 0) is 37.4 Å². The van der Waals surface area contributed by atoms with Crippen LogP contribution >= 0.6 is 0 Å². The molecule has 28 heavy (non-hydrogen) atoms. The van der Waals surface area contributed by atoms with E-state index in [4.69, 9.17) is 4.74 Å². The molecule has 0 radical (unpaired) electrons. The molecule has 0 saturated heterocycles. The molecule has 7 nitrogen and oxygen atoms in total. The van der Waals surface area contributed by atoms with Crippen LogP contribution in [0.2, 0.25) is 0 Å². The summed E-state index contributed by atoms with van der Waals surface area (Å²) in [4.78, 5) is 18.7. The monoisotopic (exact) mass is 379 g/mol. The molecule has 0 aliphatic heterocycles. The Kier molecular flexibility index (Phi) is 6.75. The van der Waals surface area contributed by atoms with Crippen LogP contribution in [0.15, 0.2) is 61.2 Å². The molecule has 3 aromatic rings. The summed E-state index contributed by atoms with van der Waals surface area (Å²) in [6.45, 7) is 2.34. The van der Waals surface area contributed by atoms with Gasteiger partial charge in [-0.1, -0.05) is 36.4 Å². The summed E-state index contributed by atoms with van der Waals surface area (Å²) >= 11 is 0. The molecule has 0 unspecified atom stereocenters. The average molecular weight is 379 g/mol. The molecule has 0 fully saturated rings. The van der Waals surface area contributed by atoms with Crippen molar-refractivity contribution in [2.75, 3.05) is 27.2 Å². The number of nitrogens with one attached hydrogen (secondary N) is 1. The molecule has 0 saturated carbocycles. The van der Waals surface area contributed by atoms with E-state index in [0.29, 0.717) is 31.0 Å². The van der Waals surface area contributed by atoms with E-state index in [1.165, 1.54) is 6.33 Å². The predicted molar refractivity (Wildman–Crippen MR) is 107 cm³/mol. The number of ether oxygens (including phenoxy) is 1. The highest BCUT2D eigenvalue weighted by Crippen LogP contribution is 2.18. The number of amides is 1. The van der Waals surface area contributed by atoms with Crippen LogP contribution in [0.25, 0.3) is 0 Å². The summed E-state index contributed by atoms with van der Waals surface area (Å²) in [7, 11) is 3.97. The number of nitrogens with zero attached hydrogens (tertiary/aromatic N) is 4. The molecule has 1 aromatic heterocycles. The first-order chi connectivity index (χ1) is 13.6. The van der Waals surface area contributed by atoms with E-state index in [1.807, 2.05) is 61.5 Å². The van der Waals surface area contributed by atoms with Gasteiger partial charge in [0, 0.05) is 13.1 Å². The van der Waals surface area contributed by atoms with Crippen molar-refractivity contribution < 1.29 is 9.53 Å². The lowest BCUT2D eigenvalue weighted by Gasteiger charge is -2.15. The Morgan fingerprint density at radius 2 is 1.86 bits per heavy atom. The fraction of sp³-hybridized carbons (Fsp3) is 0.286. The minimum absolute atomic E-state index is 0.156. The maximum Gasteiger partial charge on any atom is 0.255 e. The van der Waals surface area contributed by atoms with Crippen molar-refractivity contribution in [3.63, 3.8) is 0 Å². The molecule has 1 N–H and O–H groups in total. The summed E-state index contributed by atoms with van der Waals surface area (Å²) in [5.74, 6) is 0.439. The Bertz CT molecular complexity index is 893. The fourth-order valence-corrected chi connectivity index (χ4v) is 2.76. The number of hydrogen-bond acceptors (Lipinski definition) is 5. The maximum atomic E-state index is 12.7. The fourth-order valence-electron chi connectivity index (χ4n) is 2.76. The van der Waals surface area contributed by atoms with Crippen molar-refractivity contribution in [3.05, 3.63) is 77.9 Å². The molecule has 7 heteroatoms. The van der Waals surface area contributed by atoms with Gasteiger partial charge in [0.15, 0.2) is 0 Å². The number of carbonyl (C=O) groups is 1. The van der Waals surface area contributed by atoms with Crippen LogP contribution in [0.4, 0.5) is 0 Å². The van der Waals surface area contributed by atoms with Crippen LogP contribution in [0.3, 0.4) is 0 Å². The number of benzene rings is 2. The summed E-state index contributed by atoms with van der Waals surface area (Å²) in [5.41, 5.74) is 2.66. The number of para-hydroxylation sites is 1. The summed E-state index contributed by atoms with van der Waals surface area (Å²) in [6, 6.07) is 15.3. The minimum atomic E-state index is -0.156. The molecule has 0 bridgehead atoms. The predicted octanol–water partition coefficient (Wildman–Crippen LogP) is 2.20. The summed E-state index contributed by atoms with van der Waals surface area (Å²) in [5, 5.41) is 7.15. The quantitative estimate of drug-likeness (QED) is 0.617. The van der Waals surface area contributed by atoms with Gasteiger partial charge in [0.1, 0.15) is 25.0 Å². The summed E-state index contributed by atoms with van der Waals surface area (Å²) in [6.07, 6.45) is 3.19. The van der Waals surface area contributed by atoms with Gasteiger partial charge in [-0.15, -0.1) is 0 Å². The average Bonchev–Trinajstić information content (AvgIpc) is 3.20. The number of rotatable bonds is 9. The number of carbonyl (C=O) groups excluding carboxylic acids is 1. The van der Waals surface area contributed by atoms with E-state index in [1.54, 1.807) is 17.1 Å². The molecule has 0 atom stereocenters. The van der Waals surface area contributed by atoms with E-state index in [-0.39, 0.29) is 5.91 Å². The second kappa shape index (κ2) is 9.66. The van der Waals surface area contributed by atoms with Crippen molar-refractivity contribution in [2.45, 2.75) is 13.1 Å². The largest absolute Gasteiger partial charge is 0.491 e. The van der Waals surface area contributed by atoms with E-state index >= 15 is 0 Å². The third-order valence-electron chi connectivity index (χ3n) is 4.28. The smallest absolute Gasteiger partial charge is 0.255 e. The topological polar surface area (TPSA) is 72.3 Å². The normalized spacial score (nSPS) is 10.8. The van der Waals surface area contributed by atoms with Gasteiger partial charge in [-0.2, -0.15) is 5.10 Å².